The minimum atomic E-state index is -2.22. The third-order valence-electron chi connectivity index (χ3n) is 13.0. The highest BCUT2D eigenvalue weighted by molar-refractivity contribution is 5.94. The van der Waals surface area contributed by atoms with Crippen LogP contribution >= 0.6 is 0 Å². The lowest BCUT2D eigenvalue weighted by molar-refractivity contribution is -0.347. The van der Waals surface area contributed by atoms with Crippen LogP contribution < -0.4 is 5.32 Å². The number of ether oxygens (including phenoxy) is 7. The summed E-state index contributed by atoms with van der Waals surface area (Å²) < 4.78 is 42.4. The Labute approximate surface area is 374 Å². The van der Waals surface area contributed by atoms with Crippen LogP contribution in [0, 0.1) is 16.7 Å². The lowest BCUT2D eigenvalue weighted by atomic mass is 9.44. The van der Waals surface area contributed by atoms with Crippen molar-refractivity contribution in [3.05, 3.63) is 82.9 Å². The molecule has 16 heteroatoms. The van der Waals surface area contributed by atoms with Crippen LogP contribution in [-0.2, 0) is 47.5 Å². The van der Waals surface area contributed by atoms with Crippen LogP contribution in [0.25, 0.3) is 0 Å². The van der Waals surface area contributed by atoms with Gasteiger partial charge in [0.05, 0.1) is 35.6 Å². The number of benzene rings is 2. The molecule has 0 radical (unpaired) electrons. The van der Waals surface area contributed by atoms with Gasteiger partial charge in [-0.25, -0.2) is 14.4 Å². The minimum Gasteiger partial charge on any atom is -0.456 e. The summed E-state index contributed by atoms with van der Waals surface area (Å²) in [6.07, 6.45) is -9.48. The molecule has 16 nitrogen and oxygen atoms in total. The van der Waals surface area contributed by atoms with Crippen molar-refractivity contribution in [2.24, 2.45) is 16.7 Å². The van der Waals surface area contributed by atoms with Gasteiger partial charge in [0.2, 0.25) is 0 Å². The largest absolute Gasteiger partial charge is 0.456 e. The van der Waals surface area contributed by atoms with Crippen molar-refractivity contribution in [1.82, 2.24) is 5.32 Å². The molecule has 1 amide bonds. The molecule has 4 N–H and O–H groups in total. The Bertz CT molecular complexity index is 2060. The van der Waals surface area contributed by atoms with Crippen molar-refractivity contribution in [2.75, 3.05) is 20.8 Å². The normalized spacial score (nSPS) is 31.5. The van der Waals surface area contributed by atoms with Crippen molar-refractivity contribution < 1.29 is 72.5 Å². The fraction of sp³-hybridized carbons (Fsp3) is 0.604. The minimum absolute atomic E-state index is 0.121. The molecule has 6 rings (SSSR count). The van der Waals surface area contributed by atoms with E-state index >= 15 is 4.79 Å². The zero-order valence-corrected chi connectivity index (χ0v) is 38.8. The number of methoxy groups -OCH3 is 2. The van der Waals surface area contributed by atoms with Crippen LogP contribution in [0.4, 0.5) is 4.79 Å². The molecule has 0 spiro atoms. The topological polar surface area (TPSA) is 223 Å². The molecule has 1 unspecified atom stereocenters. The second-order valence-electron chi connectivity index (χ2n) is 19.1. The Morgan fingerprint density at radius 1 is 0.906 bits per heavy atom. The summed E-state index contributed by atoms with van der Waals surface area (Å²) in [6.45, 7) is 16.1. The zero-order chi connectivity index (χ0) is 47.7. The monoisotopic (exact) mass is 895 g/mol. The first kappa shape index (κ1) is 50.3. The number of aliphatic hydroxyl groups excluding tert-OH is 2. The predicted molar refractivity (Wildman–Crippen MR) is 231 cm³/mol. The first-order chi connectivity index (χ1) is 29.8. The van der Waals surface area contributed by atoms with Crippen molar-refractivity contribution in [1.29, 1.82) is 0 Å². The third kappa shape index (κ3) is 9.36. The van der Waals surface area contributed by atoms with Crippen LogP contribution in [0.3, 0.4) is 0 Å². The van der Waals surface area contributed by atoms with Crippen LogP contribution in [0.15, 0.2) is 71.8 Å². The molecular weight excluding hydrogens is 831 g/mol. The van der Waals surface area contributed by atoms with Crippen LogP contribution in [0.5, 0.6) is 0 Å². The number of rotatable bonds is 10. The van der Waals surface area contributed by atoms with E-state index in [1.54, 1.807) is 123 Å². The van der Waals surface area contributed by atoms with Crippen molar-refractivity contribution in [3.8, 4) is 0 Å². The molecule has 11 atom stereocenters. The Balaban J connectivity index is 0.00000185. The molecule has 2 aromatic rings. The number of amides is 1. The predicted octanol–water partition coefficient (Wildman–Crippen LogP) is 4.95. The molecular formula is C48H65NO15. The highest BCUT2D eigenvalue weighted by Crippen LogP contribution is 2.64. The average molecular weight is 896 g/mol. The van der Waals surface area contributed by atoms with Gasteiger partial charge in [0, 0.05) is 45.5 Å². The molecule has 2 saturated carbocycles. The fourth-order valence-corrected chi connectivity index (χ4v) is 10.1. The van der Waals surface area contributed by atoms with Crippen LogP contribution in [0.1, 0.15) is 104 Å². The lowest BCUT2D eigenvalue weighted by Gasteiger charge is -2.67. The molecule has 0 aromatic heterocycles. The second kappa shape index (κ2) is 19.0. The maximum atomic E-state index is 15.5. The van der Waals surface area contributed by atoms with Gasteiger partial charge in [-0.1, -0.05) is 62.4 Å². The number of Topliss-reactive ketones (excluding diaryl/α,β-unsaturated/α-hetero) is 1. The van der Waals surface area contributed by atoms with Crippen LogP contribution in [-0.4, -0.2) is 125 Å². The number of alkyl carbamates (subject to hydrolysis) is 1. The molecule has 3 aliphatic carbocycles. The molecule has 64 heavy (non-hydrogen) atoms. The Hall–Kier alpha value is -4.71. The number of ketones is 1. The van der Waals surface area contributed by atoms with Gasteiger partial charge in [-0.05, 0) is 77.3 Å². The van der Waals surface area contributed by atoms with E-state index in [-0.39, 0.29) is 30.3 Å². The molecule has 3 fully saturated rings. The zero-order valence-electron chi connectivity index (χ0n) is 38.8. The standard InChI is InChI=1S/C45H57NO14.C3H8O/c1-24-28(57-39(51)33(48)32(26-17-13-11-14-18-26)46-40(52)60-41(3,4)5)22-45(53)37(58-38(50)27-19-15-12-16-20-27)35-43(8,36(49)34(55-10)31(24)42(45,6)7)29(54-9)21-30-44(35,23-56-30)59-25(2)47;1-3(2)4/h11-20,28-30,32-35,37,48,53H,21-23H2,1-10H3,(H,46,52);3-4H,1-2H3/t28-,29-,30+,32-,33+,34+,35?,37-,43+,44-,45+;/m0./s1. The Morgan fingerprint density at radius 3 is 1.98 bits per heavy atom. The Kier molecular flexibility index (Phi) is 14.9. The van der Waals surface area contributed by atoms with Gasteiger partial charge in [0.1, 0.15) is 35.6 Å². The number of carbonyl (C=O) groups is 5. The highest BCUT2D eigenvalue weighted by Gasteiger charge is 2.78. The number of esters is 3. The molecule has 4 aliphatic rings. The number of hydrogen-bond acceptors (Lipinski definition) is 15. The van der Waals surface area contributed by atoms with Gasteiger partial charge in [0.25, 0.3) is 0 Å². The number of fused-ring (bicyclic) bond motifs is 5. The molecule has 2 aromatic carbocycles. The van der Waals surface area contributed by atoms with E-state index in [1.807, 2.05) is 0 Å². The molecule has 1 saturated heterocycles. The fourth-order valence-electron chi connectivity index (χ4n) is 10.1. The van der Waals surface area contributed by atoms with E-state index in [0.717, 1.165) is 0 Å². The van der Waals surface area contributed by atoms with Gasteiger partial charge in [0.15, 0.2) is 17.5 Å². The number of aliphatic hydroxyl groups is 3. The summed E-state index contributed by atoms with van der Waals surface area (Å²) in [6, 6.07) is 15.1. The van der Waals surface area contributed by atoms with Gasteiger partial charge in [-0.2, -0.15) is 0 Å². The first-order valence-electron chi connectivity index (χ1n) is 21.5. The van der Waals surface area contributed by atoms with Crippen LogP contribution in [0.2, 0.25) is 0 Å². The lowest BCUT2D eigenvalue weighted by Crippen LogP contribution is -2.82. The summed E-state index contributed by atoms with van der Waals surface area (Å²) in [4.78, 5) is 70.1. The van der Waals surface area contributed by atoms with E-state index in [4.69, 9.17) is 38.3 Å². The summed E-state index contributed by atoms with van der Waals surface area (Å²) in [7, 11) is 2.78. The number of hydrogen-bond donors (Lipinski definition) is 4. The second-order valence-corrected chi connectivity index (χ2v) is 19.1. The summed E-state index contributed by atoms with van der Waals surface area (Å²) in [5, 5.41) is 36.0. The van der Waals surface area contributed by atoms with Crippen molar-refractivity contribution in [2.45, 2.75) is 148 Å². The SMILES string of the molecule is CC(C)O.CO[C@H]1C(=O)[C@@]2(C)C([C@H](OC(=O)c3ccccc3)[C@]3(O)C[C@H](OC(=O)[C@H](O)[C@@H](NC(=O)OC(C)(C)C)c4ccccc4)C(C)=C1C3(C)C)[C@]1(OC(C)=O)CO[C@@H]1C[C@@H]2OC. The summed E-state index contributed by atoms with van der Waals surface area (Å²) in [5.74, 6) is -4.52. The maximum absolute atomic E-state index is 15.5. The van der Waals surface area contributed by atoms with E-state index in [2.05, 4.69) is 5.32 Å². The van der Waals surface area contributed by atoms with Crippen molar-refractivity contribution in [3.63, 3.8) is 0 Å². The average Bonchev–Trinajstić information content (AvgIpc) is 3.21. The molecule has 1 heterocycles. The molecule has 2 bridgehead atoms. The summed E-state index contributed by atoms with van der Waals surface area (Å²) >= 11 is 0. The smallest absolute Gasteiger partial charge is 0.408 e. The van der Waals surface area contributed by atoms with Gasteiger partial charge < -0.3 is 53.8 Å². The number of carbonyl (C=O) groups excluding carboxylic acids is 5. The van der Waals surface area contributed by atoms with Gasteiger partial charge in [-0.15, -0.1) is 0 Å². The molecule has 352 valence electrons. The van der Waals surface area contributed by atoms with Gasteiger partial charge >= 0.3 is 24.0 Å². The summed E-state index contributed by atoms with van der Waals surface area (Å²) in [5.41, 5.74) is -6.72. The quantitative estimate of drug-likeness (QED) is 0.141. The number of nitrogens with one attached hydrogen (secondary N) is 1. The van der Waals surface area contributed by atoms with E-state index in [0.29, 0.717) is 11.1 Å². The van der Waals surface area contributed by atoms with Gasteiger partial charge in [-0.3, -0.25) is 9.59 Å². The van der Waals surface area contributed by atoms with E-state index in [9.17, 15) is 29.4 Å². The van der Waals surface area contributed by atoms with E-state index < -0.39 is 112 Å². The van der Waals surface area contributed by atoms with E-state index in [1.165, 1.54) is 21.1 Å². The third-order valence-corrected chi connectivity index (χ3v) is 13.0. The first-order valence-corrected chi connectivity index (χ1v) is 21.5. The molecule has 1 aliphatic heterocycles. The highest BCUT2D eigenvalue weighted by atomic mass is 16.6. The van der Waals surface area contributed by atoms with Crippen molar-refractivity contribution >= 4 is 29.8 Å². The maximum Gasteiger partial charge on any atom is 0.408 e. The Morgan fingerprint density at radius 2 is 1.48 bits per heavy atom.